The molecule has 1 aromatic heterocycles. The van der Waals surface area contributed by atoms with Crippen molar-refractivity contribution in [2.24, 2.45) is 17.1 Å². The van der Waals surface area contributed by atoms with Gasteiger partial charge in [0.1, 0.15) is 11.0 Å². The van der Waals surface area contributed by atoms with Gasteiger partial charge in [0.15, 0.2) is 0 Å². The molecule has 2 heterocycles. The van der Waals surface area contributed by atoms with E-state index in [9.17, 15) is 27.0 Å². The van der Waals surface area contributed by atoms with Crippen LogP contribution in [0.4, 0.5) is 18.0 Å². The molecule has 1 saturated heterocycles. The van der Waals surface area contributed by atoms with Gasteiger partial charge in [-0.05, 0) is 64.8 Å². The van der Waals surface area contributed by atoms with Crippen molar-refractivity contribution in [2.45, 2.75) is 95.7 Å². The van der Waals surface area contributed by atoms with Crippen molar-refractivity contribution in [1.82, 2.24) is 19.4 Å². The van der Waals surface area contributed by atoms with E-state index in [-0.39, 0.29) is 42.0 Å². The van der Waals surface area contributed by atoms with Gasteiger partial charge in [0, 0.05) is 18.4 Å². The van der Waals surface area contributed by atoms with E-state index < -0.39 is 51.1 Å². The molecule has 11 nitrogen and oxygen atoms in total. The number of ether oxygens (including phenoxy) is 3. The Morgan fingerprint density at radius 2 is 2.02 bits per heavy atom. The maximum absolute atomic E-state index is 14.7. The van der Waals surface area contributed by atoms with Crippen LogP contribution < -0.4 is 15.8 Å². The molecule has 250 valence electrons. The van der Waals surface area contributed by atoms with E-state index in [0.29, 0.717) is 18.7 Å². The second kappa shape index (κ2) is 12.7. The molecule has 0 spiro atoms. The maximum Gasteiger partial charge on any atom is 0.427 e. The van der Waals surface area contributed by atoms with Crippen molar-refractivity contribution >= 4 is 27.6 Å². The van der Waals surface area contributed by atoms with Gasteiger partial charge >= 0.3 is 12.3 Å². The van der Waals surface area contributed by atoms with Crippen LogP contribution in [0.3, 0.4) is 0 Å². The third-order valence-electron chi connectivity index (χ3n) is 8.63. The van der Waals surface area contributed by atoms with Crippen LogP contribution in [-0.2, 0) is 30.5 Å². The summed E-state index contributed by atoms with van der Waals surface area (Å²) in [5, 5.41) is 6.74. The minimum absolute atomic E-state index is 0.0362. The monoisotopic (exact) mass is 657 g/mol. The standard InChI is InChI=1S/C30H42F3N5O6S/c1-7-19-12-14-29(19,26(34)39)15-13-21-17-38(45(6,41)24-18-37(8-2)36-25(24)42-9-3)22-16-20(10-11-23(22)43-21)35-27(40)44-28(4,5)30(31,32)33/h10,13,15-16,18-19,21,23H,6-9,11-12,14,17H2,1-5H3,(H2,34,39)(H,35,40)/b15-13+/t19-,21?,23?,29+,45?/m0/s1. The second-order valence-electron chi connectivity index (χ2n) is 11.8. The number of carbonyl (C=O) groups excluding carboxylic acids is 2. The number of fused-ring (bicyclic) bond motifs is 1. The minimum Gasteiger partial charge on any atom is -0.476 e. The lowest BCUT2D eigenvalue weighted by molar-refractivity contribution is -0.243. The number of rotatable bonds is 11. The number of aromatic nitrogens is 2. The topological polar surface area (TPSA) is 138 Å². The number of amides is 2. The van der Waals surface area contributed by atoms with Crippen LogP contribution in [0, 0.1) is 11.3 Å². The number of allylic oxidation sites excluding steroid dienone is 1. The number of nitrogens with zero attached hydrogens (tertiary/aromatic N) is 3. The number of halogens is 3. The number of morpholine rings is 1. The highest BCUT2D eigenvalue weighted by Gasteiger charge is 2.51. The molecule has 2 aliphatic carbocycles. The van der Waals surface area contributed by atoms with Crippen molar-refractivity contribution in [3.8, 4) is 5.88 Å². The van der Waals surface area contributed by atoms with Gasteiger partial charge in [0.25, 0.3) is 0 Å². The summed E-state index contributed by atoms with van der Waals surface area (Å²) >= 11 is 0. The smallest absolute Gasteiger partial charge is 0.427 e. The van der Waals surface area contributed by atoms with Crippen LogP contribution >= 0.6 is 0 Å². The molecule has 1 aliphatic heterocycles. The number of primary amides is 1. The predicted octanol–water partition coefficient (Wildman–Crippen LogP) is 4.45. The Balaban J connectivity index is 1.69. The number of hydrogen-bond donors (Lipinski definition) is 2. The number of hydrogen-bond acceptors (Lipinski definition) is 7. The van der Waals surface area contributed by atoms with Gasteiger partial charge in [0.2, 0.25) is 17.4 Å². The van der Waals surface area contributed by atoms with E-state index in [1.54, 1.807) is 40.3 Å². The van der Waals surface area contributed by atoms with Crippen molar-refractivity contribution in [2.75, 3.05) is 13.2 Å². The molecule has 0 radical (unpaired) electrons. The highest BCUT2D eigenvalue weighted by molar-refractivity contribution is 7.98. The first-order valence-corrected chi connectivity index (χ1v) is 16.7. The molecule has 1 saturated carbocycles. The third kappa shape index (κ3) is 6.74. The molecule has 2 amide bonds. The van der Waals surface area contributed by atoms with E-state index in [2.05, 4.69) is 21.0 Å². The minimum atomic E-state index is -4.78. The molecule has 0 bridgehead atoms. The van der Waals surface area contributed by atoms with E-state index in [1.807, 2.05) is 13.8 Å². The molecule has 3 unspecified atom stereocenters. The van der Waals surface area contributed by atoms with Crippen molar-refractivity contribution < 1.29 is 41.2 Å². The first kappa shape index (κ1) is 34.4. The molecule has 5 atom stereocenters. The summed E-state index contributed by atoms with van der Waals surface area (Å²) in [6.07, 6.45) is 3.37. The van der Waals surface area contributed by atoms with Crippen LogP contribution in [0.5, 0.6) is 5.88 Å². The number of nitrogens with two attached hydrogens (primary N) is 1. The van der Waals surface area contributed by atoms with E-state index in [1.165, 1.54) is 6.08 Å². The van der Waals surface area contributed by atoms with E-state index >= 15 is 0 Å². The molecule has 0 aromatic carbocycles. The lowest BCUT2D eigenvalue weighted by Gasteiger charge is -2.46. The van der Waals surface area contributed by atoms with Gasteiger partial charge in [-0.2, -0.15) is 13.2 Å². The first-order chi connectivity index (χ1) is 21.0. The zero-order chi connectivity index (χ0) is 33.4. The molecular weight excluding hydrogens is 615 g/mol. The van der Waals surface area contributed by atoms with E-state index in [0.717, 1.165) is 26.7 Å². The molecule has 3 N–H and O–H groups in total. The summed E-state index contributed by atoms with van der Waals surface area (Å²) in [4.78, 5) is 25.2. The summed E-state index contributed by atoms with van der Waals surface area (Å²) in [5.41, 5.74) is 2.84. The molecule has 2 fully saturated rings. The number of aryl methyl sites for hydroxylation is 1. The Kier molecular flexibility index (Phi) is 9.74. The molecular formula is C30H42F3N5O6S. The Morgan fingerprint density at radius 1 is 1.31 bits per heavy atom. The number of alkyl halides is 3. The van der Waals surface area contributed by atoms with Crippen LogP contribution in [0.25, 0.3) is 0 Å². The first-order valence-electron chi connectivity index (χ1n) is 15.0. The Morgan fingerprint density at radius 3 is 2.58 bits per heavy atom. The summed E-state index contributed by atoms with van der Waals surface area (Å²) in [7, 11) is -3.35. The Hall–Kier alpha value is -3.46. The normalized spacial score (nSPS) is 26.7. The van der Waals surface area contributed by atoms with Crippen LogP contribution in [0.1, 0.15) is 60.3 Å². The van der Waals surface area contributed by atoms with Gasteiger partial charge in [-0.15, -0.1) is 5.10 Å². The summed E-state index contributed by atoms with van der Waals surface area (Å²) in [5.74, 6) is 3.96. The predicted molar refractivity (Wildman–Crippen MR) is 162 cm³/mol. The van der Waals surface area contributed by atoms with Gasteiger partial charge in [0.05, 0.1) is 40.1 Å². The second-order valence-corrected chi connectivity index (χ2v) is 14.0. The van der Waals surface area contributed by atoms with Crippen molar-refractivity contribution in [1.29, 1.82) is 0 Å². The lowest BCUT2D eigenvalue weighted by atomic mass is 9.58. The average molecular weight is 658 g/mol. The summed E-state index contributed by atoms with van der Waals surface area (Å²) in [6, 6.07) is 0. The average Bonchev–Trinajstić information content (AvgIpc) is 3.35. The fraction of sp³-hybridized carbons (Fsp3) is 0.600. The zero-order valence-electron chi connectivity index (χ0n) is 26.2. The quantitative estimate of drug-likeness (QED) is 0.265. The van der Waals surface area contributed by atoms with Gasteiger partial charge in [-0.25, -0.2) is 9.00 Å². The molecule has 1 aromatic rings. The van der Waals surface area contributed by atoms with E-state index in [4.69, 9.17) is 15.2 Å². The highest BCUT2D eigenvalue weighted by Crippen LogP contribution is 2.50. The Labute approximate surface area is 261 Å². The fourth-order valence-electron chi connectivity index (χ4n) is 5.72. The van der Waals surface area contributed by atoms with Crippen molar-refractivity contribution in [3.05, 3.63) is 41.9 Å². The SMILES string of the molecule is C=S(=O)(c1cn(CC)nc1OCC)N1CC(/C=C/[C@]2(C(N)=O)CC[C@@H]2CC)OC2CC=C(NC(=O)OC(C)(C)C(F)(F)F)C=C21. The van der Waals surface area contributed by atoms with Gasteiger partial charge < -0.3 is 19.9 Å². The van der Waals surface area contributed by atoms with Crippen molar-refractivity contribution in [3.63, 3.8) is 0 Å². The van der Waals surface area contributed by atoms with Crippen LogP contribution in [0.15, 0.2) is 46.8 Å². The maximum atomic E-state index is 14.7. The van der Waals surface area contributed by atoms with Gasteiger partial charge in [-0.1, -0.05) is 31.6 Å². The summed E-state index contributed by atoms with van der Waals surface area (Å²) < 4.78 is 74.4. The zero-order valence-corrected chi connectivity index (χ0v) is 27.0. The molecule has 45 heavy (non-hydrogen) atoms. The summed E-state index contributed by atoms with van der Waals surface area (Å²) in [6.45, 7) is 7.94. The fourth-order valence-corrected chi connectivity index (χ4v) is 7.51. The lowest BCUT2D eigenvalue weighted by Crippen LogP contribution is -2.50. The van der Waals surface area contributed by atoms with Gasteiger partial charge in [-0.3, -0.25) is 19.1 Å². The number of alkyl carbamates (subject to hydrolysis) is 1. The number of carbonyl (C=O) groups is 2. The van der Waals surface area contributed by atoms with Crippen LogP contribution in [0.2, 0.25) is 0 Å². The highest BCUT2D eigenvalue weighted by atomic mass is 32.2. The molecule has 3 aliphatic rings. The van der Waals surface area contributed by atoms with Crippen LogP contribution in [-0.4, -0.2) is 73.3 Å². The Bertz CT molecular complexity index is 1500. The molecule has 15 heteroatoms. The molecule has 4 rings (SSSR count). The number of nitrogens with one attached hydrogen (secondary N) is 1. The largest absolute Gasteiger partial charge is 0.476 e. The third-order valence-corrected chi connectivity index (χ3v) is 10.7.